The van der Waals surface area contributed by atoms with Crippen LogP contribution >= 0.6 is 11.8 Å². The first-order valence-corrected chi connectivity index (χ1v) is 6.46. The molecule has 0 fully saturated rings. The van der Waals surface area contributed by atoms with E-state index in [4.69, 9.17) is 10.9 Å². The summed E-state index contributed by atoms with van der Waals surface area (Å²) in [6.45, 7) is 1.44. The number of nitrogens with zero attached hydrogens (tertiary/aromatic N) is 2. The van der Waals surface area contributed by atoms with E-state index < -0.39 is 0 Å². The molecule has 1 aromatic rings. The second-order valence-electron chi connectivity index (χ2n) is 4.34. The van der Waals surface area contributed by atoms with E-state index in [-0.39, 0.29) is 5.84 Å². The molecule has 1 unspecified atom stereocenters. The van der Waals surface area contributed by atoms with Gasteiger partial charge in [0.2, 0.25) is 0 Å². The molecule has 0 radical (unpaired) electrons. The number of fused-ring (bicyclic) bond motifs is 1. The number of hydrogen-bond acceptors (Lipinski definition) is 4. The van der Waals surface area contributed by atoms with E-state index in [2.05, 4.69) is 34.3 Å². The van der Waals surface area contributed by atoms with Gasteiger partial charge in [-0.15, -0.1) is 11.8 Å². The second kappa shape index (κ2) is 5.42. The Labute approximate surface area is 105 Å². The van der Waals surface area contributed by atoms with Gasteiger partial charge >= 0.3 is 0 Å². The van der Waals surface area contributed by atoms with E-state index in [1.165, 1.54) is 10.5 Å². The maximum absolute atomic E-state index is 8.52. The van der Waals surface area contributed by atoms with Gasteiger partial charge in [0.1, 0.15) is 0 Å². The summed E-state index contributed by atoms with van der Waals surface area (Å²) in [7, 11) is 1.99. The van der Waals surface area contributed by atoms with Crippen LogP contribution in [0.15, 0.2) is 34.3 Å². The molecule has 0 amide bonds. The Bertz CT molecular complexity index is 397. The minimum atomic E-state index is 0.257. The lowest BCUT2D eigenvalue weighted by Gasteiger charge is -2.19. The van der Waals surface area contributed by atoms with E-state index in [1.807, 2.05) is 18.8 Å². The molecule has 1 aliphatic heterocycles. The molecule has 17 heavy (non-hydrogen) atoms. The van der Waals surface area contributed by atoms with Crippen molar-refractivity contribution in [2.45, 2.75) is 16.6 Å². The SMILES string of the molecule is CN(CC(N)=NO)CC1Cc2ccccc2S1. The Morgan fingerprint density at radius 2 is 2.35 bits per heavy atom. The molecule has 92 valence electrons. The zero-order valence-electron chi connectivity index (χ0n) is 9.84. The fourth-order valence-corrected chi connectivity index (χ4v) is 3.49. The normalized spacial score (nSPS) is 19.6. The molecule has 5 heteroatoms. The molecule has 0 bridgehead atoms. The first kappa shape index (κ1) is 12.3. The Kier molecular flexibility index (Phi) is 3.91. The molecule has 1 aromatic carbocycles. The van der Waals surface area contributed by atoms with Gasteiger partial charge in [0.15, 0.2) is 5.84 Å². The molecule has 0 saturated carbocycles. The molecule has 0 saturated heterocycles. The summed E-state index contributed by atoms with van der Waals surface area (Å²) in [4.78, 5) is 3.47. The van der Waals surface area contributed by atoms with E-state index in [0.717, 1.165) is 13.0 Å². The summed E-state index contributed by atoms with van der Waals surface area (Å²) >= 11 is 1.91. The zero-order chi connectivity index (χ0) is 12.3. The first-order chi connectivity index (χ1) is 8.19. The van der Waals surface area contributed by atoms with Gasteiger partial charge in [-0.25, -0.2) is 0 Å². The third-order valence-corrected chi connectivity index (χ3v) is 4.09. The second-order valence-corrected chi connectivity index (χ2v) is 5.68. The molecule has 4 nitrogen and oxygen atoms in total. The van der Waals surface area contributed by atoms with Crippen molar-refractivity contribution in [3.63, 3.8) is 0 Å². The molecule has 2 rings (SSSR count). The number of likely N-dealkylation sites (N-methyl/N-ethyl adjacent to an activating group) is 1. The third kappa shape index (κ3) is 3.14. The smallest absolute Gasteiger partial charge is 0.153 e. The van der Waals surface area contributed by atoms with Crippen LogP contribution in [-0.4, -0.2) is 41.3 Å². The summed E-state index contributed by atoms with van der Waals surface area (Å²) in [6.07, 6.45) is 1.10. The monoisotopic (exact) mass is 251 g/mol. The van der Waals surface area contributed by atoms with Crippen molar-refractivity contribution in [2.24, 2.45) is 10.9 Å². The van der Waals surface area contributed by atoms with Gasteiger partial charge in [0.05, 0.1) is 6.54 Å². The number of benzene rings is 1. The summed E-state index contributed by atoms with van der Waals surface area (Å²) in [6, 6.07) is 8.52. The van der Waals surface area contributed by atoms with Crippen LogP contribution in [0.4, 0.5) is 0 Å². The topological polar surface area (TPSA) is 61.8 Å². The minimum absolute atomic E-state index is 0.257. The average molecular weight is 251 g/mol. The molecular formula is C12H17N3OS. The fraction of sp³-hybridized carbons (Fsp3) is 0.417. The summed E-state index contributed by atoms with van der Waals surface area (Å²) in [5, 5.41) is 12.1. The number of rotatable bonds is 4. The third-order valence-electron chi connectivity index (χ3n) is 2.79. The summed E-state index contributed by atoms with van der Waals surface area (Å²) in [5.41, 5.74) is 6.91. The molecule has 1 heterocycles. The molecule has 1 atom stereocenters. The molecule has 0 spiro atoms. The maximum Gasteiger partial charge on any atom is 0.153 e. The first-order valence-electron chi connectivity index (χ1n) is 5.58. The molecule has 0 aliphatic carbocycles. The van der Waals surface area contributed by atoms with E-state index in [0.29, 0.717) is 11.8 Å². The van der Waals surface area contributed by atoms with Crippen LogP contribution in [0.25, 0.3) is 0 Å². The molecule has 0 aromatic heterocycles. The number of hydrogen-bond donors (Lipinski definition) is 2. The average Bonchev–Trinajstić information content (AvgIpc) is 2.70. The highest BCUT2D eigenvalue weighted by atomic mass is 32.2. The Hall–Kier alpha value is -1.20. The van der Waals surface area contributed by atoms with Crippen LogP contribution in [-0.2, 0) is 6.42 Å². The molecule has 1 aliphatic rings. The van der Waals surface area contributed by atoms with Gasteiger partial charge in [-0.1, -0.05) is 23.4 Å². The lowest BCUT2D eigenvalue weighted by Crippen LogP contribution is -2.35. The van der Waals surface area contributed by atoms with Crippen LogP contribution in [0, 0.1) is 0 Å². The van der Waals surface area contributed by atoms with Gasteiger partial charge in [-0.05, 0) is 25.1 Å². The van der Waals surface area contributed by atoms with Crippen LogP contribution in [0.2, 0.25) is 0 Å². The summed E-state index contributed by atoms with van der Waals surface area (Å²) < 4.78 is 0. The highest BCUT2D eigenvalue weighted by Crippen LogP contribution is 2.36. The van der Waals surface area contributed by atoms with Gasteiger partial charge in [-0.2, -0.15) is 0 Å². The van der Waals surface area contributed by atoms with E-state index >= 15 is 0 Å². The molecular weight excluding hydrogens is 234 g/mol. The standard InChI is InChI=1S/C12H17N3OS/c1-15(8-12(13)14-16)7-10-6-9-4-2-3-5-11(9)17-10/h2-5,10,16H,6-8H2,1H3,(H2,13,14). The summed E-state index contributed by atoms with van der Waals surface area (Å²) in [5.74, 6) is 0.257. The predicted molar refractivity (Wildman–Crippen MR) is 70.7 cm³/mol. The van der Waals surface area contributed by atoms with Crippen molar-refractivity contribution in [3.05, 3.63) is 29.8 Å². The lowest BCUT2D eigenvalue weighted by atomic mass is 10.1. The Morgan fingerprint density at radius 1 is 1.59 bits per heavy atom. The van der Waals surface area contributed by atoms with Crippen molar-refractivity contribution in [1.82, 2.24) is 4.90 Å². The number of oxime groups is 1. The number of thioether (sulfide) groups is 1. The van der Waals surface area contributed by atoms with E-state index in [9.17, 15) is 0 Å². The minimum Gasteiger partial charge on any atom is -0.409 e. The lowest BCUT2D eigenvalue weighted by molar-refractivity contribution is 0.309. The highest BCUT2D eigenvalue weighted by molar-refractivity contribution is 8.00. The van der Waals surface area contributed by atoms with E-state index in [1.54, 1.807) is 0 Å². The van der Waals surface area contributed by atoms with Crippen LogP contribution < -0.4 is 5.73 Å². The van der Waals surface area contributed by atoms with Crippen LogP contribution in [0.3, 0.4) is 0 Å². The Morgan fingerprint density at radius 3 is 3.06 bits per heavy atom. The van der Waals surface area contributed by atoms with Crippen LogP contribution in [0.1, 0.15) is 5.56 Å². The van der Waals surface area contributed by atoms with Crippen molar-refractivity contribution >= 4 is 17.6 Å². The van der Waals surface area contributed by atoms with Crippen molar-refractivity contribution < 1.29 is 5.21 Å². The molecule has 3 N–H and O–H groups in total. The van der Waals surface area contributed by atoms with Crippen molar-refractivity contribution in [2.75, 3.05) is 20.1 Å². The van der Waals surface area contributed by atoms with Crippen molar-refractivity contribution in [1.29, 1.82) is 0 Å². The number of amidine groups is 1. The van der Waals surface area contributed by atoms with Gasteiger partial charge in [0, 0.05) is 16.7 Å². The quantitative estimate of drug-likeness (QED) is 0.367. The zero-order valence-corrected chi connectivity index (χ0v) is 10.7. The maximum atomic E-state index is 8.52. The van der Waals surface area contributed by atoms with Crippen molar-refractivity contribution in [3.8, 4) is 0 Å². The van der Waals surface area contributed by atoms with Gasteiger partial charge in [-0.3, -0.25) is 4.90 Å². The largest absolute Gasteiger partial charge is 0.409 e. The van der Waals surface area contributed by atoms with Gasteiger partial charge in [0.25, 0.3) is 0 Å². The Balaban J connectivity index is 1.87. The highest BCUT2D eigenvalue weighted by Gasteiger charge is 2.22. The fourth-order valence-electron chi connectivity index (χ4n) is 2.08. The van der Waals surface area contributed by atoms with Gasteiger partial charge < -0.3 is 10.9 Å². The number of nitrogens with two attached hydrogens (primary N) is 1. The van der Waals surface area contributed by atoms with Crippen LogP contribution in [0.5, 0.6) is 0 Å². The predicted octanol–water partition coefficient (Wildman–Crippen LogP) is 1.38.